The SMILES string of the molecule is [C-]#[N+]Cc1c(C)nc2c(OCc3ccccc3)cccn12. The highest BCUT2D eigenvalue weighted by molar-refractivity contribution is 5.56. The van der Waals surface area contributed by atoms with Crippen molar-refractivity contribution in [3.8, 4) is 5.75 Å². The first kappa shape index (κ1) is 13.2. The summed E-state index contributed by atoms with van der Waals surface area (Å²) in [6.45, 7) is 9.81. The molecule has 4 heteroatoms. The first-order valence-corrected chi connectivity index (χ1v) is 6.76. The second-order valence-corrected chi connectivity index (χ2v) is 4.80. The first-order chi connectivity index (χ1) is 10.3. The maximum Gasteiger partial charge on any atom is 0.256 e. The van der Waals surface area contributed by atoms with Crippen molar-refractivity contribution in [3.63, 3.8) is 0 Å². The second kappa shape index (κ2) is 5.68. The van der Waals surface area contributed by atoms with Gasteiger partial charge in [-0.15, -0.1) is 0 Å². The molecule has 3 rings (SSSR count). The molecule has 0 N–H and O–H groups in total. The predicted molar refractivity (Wildman–Crippen MR) is 81.0 cm³/mol. The van der Waals surface area contributed by atoms with E-state index >= 15 is 0 Å². The number of hydrogen-bond donors (Lipinski definition) is 0. The summed E-state index contributed by atoms with van der Waals surface area (Å²) < 4.78 is 7.83. The molecule has 0 aliphatic carbocycles. The number of benzene rings is 1. The lowest BCUT2D eigenvalue weighted by Crippen LogP contribution is -1.98. The first-order valence-electron chi connectivity index (χ1n) is 6.76. The largest absolute Gasteiger partial charge is 0.485 e. The van der Waals surface area contributed by atoms with Gasteiger partial charge in [0, 0.05) is 6.20 Å². The number of aryl methyl sites for hydroxylation is 1. The van der Waals surface area contributed by atoms with E-state index in [9.17, 15) is 0 Å². The van der Waals surface area contributed by atoms with E-state index in [0.29, 0.717) is 13.2 Å². The Morgan fingerprint density at radius 2 is 2.00 bits per heavy atom. The third-order valence-electron chi connectivity index (χ3n) is 3.38. The molecule has 0 aliphatic heterocycles. The number of hydrogen-bond acceptors (Lipinski definition) is 2. The zero-order chi connectivity index (χ0) is 14.7. The molecule has 1 aromatic carbocycles. The van der Waals surface area contributed by atoms with Crippen LogP contribution >= 0.6 is 0 Å². The van der Waals surface area contributed by atoms with Crippen LogP contribution in [0.15, 0.2) is 48.7 Å². The molecule has 0 amide bonds. The number of pyridine rings is 1. The summed E-state index contributed by atoms with van der Waals surface area (Å²) in [6, 6.07) is 13.9. The Balaban J connectivity index is 1.93. The minimum atomic E-state index is 0.329. The fraction of sp³-hybridized carbons (Fsp3) is 0.176. The number of rotatable bonds is 4. The number of nitrogens with zero attached hydrogens (tertiary/aromatic N) is 3. The van der Waals surface area contributed by atoms with Crippen molar-refractivity contribution in [2.45, 2.75) is 20.1 Å². The van der Waals surface area contributed by atoms with Crippen LogP contribution in [0.1, 0.15) is 17.0 Å². The molecular weight excluding hydrogens is 262 g/mol. The molecule has 3 aromatic rings. The van der Waals surface area contributed by atoms with Crippen LogP contribution in [-0.2, 0) is 13.2 Å². The molecular formula is C17H15N3O. The molecule has 0 spiro atoms. The van der Waals surface area contributed by atoms with Gasteiger partial charge in [-0.25, -0.2) is 11.6 Å². The summed E-state index contributed by atoms with van der Waals surface area (Å²) in [7, 11) is 0. The van der Waals surface area contributed by atoms with E-state index in [0.717, 1.165) is 28.3 Å². The summed E-state index contributed by atoms with van der Waals surface area (Å²) in [5.74, 6) is 0.737. The minimum Gasteiger partial charge on any atom is -0.485 e. The van der Waals surface area contributed by atoms with Gasteiger partial charge in [-0.2, -0.15) is 0 Å². The molecule has 0 saturated heterocycles. The summed E-state index contributed by atoms with van der Waals surface area (Å²) in [5.41, 5.74) is 3.68. The number of ether oxygens (including phenoxy) is 1. The van der Waals surface area contributed by atoms with Crippen molar-refractivity contribution in [1.29, 1.82) is 0 Å². The molecule has 0 unspecified atom stereocenters. The van der Waals surface area contributed by atoms with Crippen LogP contribution in [0, 0.1) is 13.5 Å². The second-order valence-electron chi connectivity index (χ2n) is 4.80. The number of aromatic nitrogens is 2. The van der Waals surface area contributed by atoms with E-state index in [-0.39, 0.29) is 0 Å². The summed E-state index contributed by atoms with van der Waals surface area (Å²) in [5, 5.41) is 0. The highest BCUT2D eigenvalue weighted by Gasteiger charge is 2.14. The number of fused-ring (bicyclic) bond motifs is 1. The van der Waals surface area contributed by atoms with Crippen LogP contribution in [0.5, 0.6) is 5.75 Å². The Hall–Kier alpha value is -2.80. The highest BCUT2D eigenvalue weighted by atomic mass is 16.5. The quantitative estimate of drug-likeness (QED) is 0.682. The van der Waals surface area contributed by atoms with Gasteiger partial charge in [0.2, 0.25) is 0 Å². The summed E-state index contributed by atoms with van der Waals surface area (Å²) in [6.07, 6.45) is 1.92. The van der Waals surface area contributed by atoms with E-state index in [1.54, 1.807) is 0 Å². The molecule has 0 atom stereocenters. The van der Waals surface area contributed by atoms with E-state index in [1.165, 1.54) is 0 Å². The molecule has 104 valence electrons. The average Bonchev–Trinajstić information content (AvgIpc) is 2.83. The van der Waals surface area contributed by atoms with Gasteiger partial charge in [0.15, 0.2) is 11.4 Å². The van der Waals surface area contributed by atoms with Gasteiger partial charge < -0.3 is 9.58 Å². The smallest absolute Gasteiger partial charge is 0.256 e. The lowest BCUT2D eigenvalue weighted by Gasteiger charge is -2.07. The Bertz CT molecular complexity index is 800. The van der Waals surface area contributed by atoms with Crippen LogP contribution < -0.4 is 4.74 Å². The maximum atomic E-state index is 7.05. The lowest BCUT2D eigenvalue weighted by atomic mass is 10.2. The van der Waals surface area contributed by atoms with Crippen LogP contribution in [0.2, 0.25) is 0 Å². The van der Waals surface area contributed by atoms with E-state index in [2.05, 4.69) is 9.83 Å². The molecule has 21 heavy (non-hydrogen) atoms. The summed E-state index contributed by atoms with van der Waals surface area (Å²) >= 11 is 0. The monoisotopic (exact) mass is 277 g/mol. The minimum absolute atomic E-state index is 0.329. The lowest BCUT2D eigenvalue weighted by molar-refractivity contribution is 0.308. The van der Waals surface area contributed by atoms with Crippen LogP contribution in [0.4, 0.5) is 0 Å². The Morgan fingerprint density at radius 3 is 2.76 bits per heavy atom. The van der Waals surface area contributed by atoms with Crippen molar-refractivity contribution in [2.24, 2.45) is 0 Å². The molecule has 0 fully saturated rings. The Kier molecular flexibility index (Phi) is 3.57. The van der Waals surface area contributed by atoms with Gasteiger partial charge in [0.1, 0.15) is 12.3 Å². The molecule has 0 radical (unpaired) electrons. The van der Waals surface area contributed by atoms with Crippen molar-refractivity contribution in [3.05, 3.63) is 77.0 Å². The van der Waals surface area contributed by atoms with E-state index < -0.39 is 0 Å². The zero-order valence-corrected chi connectivity index (χ0v) is 11.8. The fourth-order valence-electron chi connectivity index (χ4n) is 2.32. The number of imidazole rings is 1. The van der Waals surface area contributed by atoms with E-state index in [1.807, 2.05) is 60.0 Å². The Morgan fingerprint density at radius 1 is 1.19 bits per heavy atom. The van der Waals surface area contributed by atoms with Crippen LogP contribution in [0.25, 0.3) is 10.5 Å². The van der Waals surface area contributed by atoms with Gasteiger partial charge in [-0.3, -0.25) is 4.40 Å². The zero-order valence-electron chi connectivity index (χ0n) is 11.8. The van der Waals surface area contributed by atoms with Gasteiger partial charge >= 0.3 is 0 Å². The predicted octanol–water partition coefficient (Wildman–Crippen LogP) is 3.64. The van der Waals surface area contributed by atoms with Crippen LogP contribution in [0.3, 0.4) is 0 Å². The molecule has 0 bridgehead atoms. The van der Waals surface area contributed by atoms with Crippen molar-refractivity contribution < 1.29 is 4.74 Å². The molecule has 0 saturated carbocycles. The van der Waals surface area contributed by atoms with Crippen LogP contribution in [-0.4, -0.2) is 9.38 Å². The summed E-state index contributed by atoms with van der Waals surface area (Å²) in [4.78, 5) is 8.00. The Labute approximate surface area is 123 Å². The average molecular weight is 277 g/mol. The van der Waals surface area contributed by atoms with Gasteiger partial charge in [0.05, 0.1) is 5.69 Å². The topological polar surface area (TPSA) is 30.9 Å². The molecule has 2 heterocycles. The third-order valence-corrected chi connectivity index (χ3v) is 3.38. The van der Waals surface area contributed by atoms with Gasteiger partial charge in [-0.05, 0) is 24.6 Å². The van der Waals surface area contributed by atoms with Gasteiger partial charge in [-0.1, -0.05) is 30.3 Å². The molecule has 4 nitrogen and oxygen atoms in total. The van der Waals surface area contributed by atoms with E-state index in [4.69, 9.17) is 11.3 Å². The maximum absolute atomic E-state index is 7.05. The van der Waals surface area contributed by atoms with Crippen molar-refractivity contribution in [2.75, 3.05) is 0 Å². The molecule has 0 aliphatic rings. The molecule has 2 aromatic heterocycles. The van der Waals surface area contributed by atoms with Crippen molar-refractivity contribution in [1.82, 2.24) is 9.38 Å². The fourth-order valence-corrected chi connectivity index (χ4v) is 2.32. The normalized spacial score (nSPS) is 10.5. The van der Waals surface area contributed by atoms with Crippen molar-refractivity contribution >= 4 is 5.65 Å². The standard InChI is InChI=1S/C17H15N3O/c1-13-15(11-18-2)20-10-6-9-16(17(20)19-13)21-12-14-7-4-3-5-8-14/h3-10H,11-12H2,1H3. The van der Waals surface area contributed by atoms with Gasteiger partial charge in [0.25, 0.3) is 6.54 Å². The third kappa shape index (κ3) is 2.59. The highest BCUT2D eigenvalue weighted by Crippen LogP contribution is 2.23.